The van der Waals surface area contributed by atoms with Gasteiger partial charge in [0.1, 0.15) is 0 Å². The molecular formula is CH11Ca2KO5. The Bertz CT molecular complexity index is 37.9. The van der Waals surface area contributed by atoms with Gasteiger partial charge in [-0.25, -0.2) is 4.79 Å². The zero-order chi connectivity index (χ0) is 3.58. The van der Waals surface area contributed by atoms with Gasteiger partial charge in [-0.1, -0.05) is 0 Å². The van der Waals surface area contributed by atoms with Crippen molar-refractivity contribution in [2.24, 2.45) is 0 Å². The van der Waals surface area contributed by atoms with Gasteiger partial charge in [-0.2, -0.15) is 0 Å². The van der Waals surface area contributed by atoms with E-state index in [9.17, 15) is 0 Å². The maximum absolute atomic E-state index is 8.56. The average Bonchev–Trinajstić information content (AvgIpc) is 0.811. The molecule has 50 valence electrons. The van der Waals surface area contributed by atoms with Crippen molar-refractivity contribution in [1.82, 2.24) is 0 Å². The zero-order valence-corrected chi connectivity index (χ0v) is 2.80. The molecule has 0 aromatic heterocycles. The van der Waals surface area contributed by atoms with Gasteiger partial charge in [-0.05, 0) is 0 Å². The Morgan fingerprint density at radius 2 is 1.00 bits per heavy atom. The van der Waals surface area contributed by atoms with Gasteiger partial charge in [0.2, 0.25) is 0 Å². The molecule has 0 aromatic rings. The van der Waals surface area contributed by atoms with E-state index in [-0.39, 0.29) is 138 Å². The van der Waals surface area contributed by atoms with Gasteiger partial charge in [-0.15, -0.1) is 0 Å². The molecular weight excluding hydrogens is 211 g/mol. The van der Waals surface area contributed by atoms with Crippen molar-refractivity contribution in [3.8, 4) is 0 Å². The second kappa shape index (κ2) is 30.2. The van der Waals surface area contributed by atoms with Crippen LogP contribution < -0.4 is 0 Å². The van der Waals surface area contributed by atoms with E-state index in [0.717, 1.165) is 0 Å². The van der Waals surface area contributed by atoms with E-state index in [4.69, 9.17) is 15.0 Å². The Labute approximate surface area is 155 Å². The molecule has 0 rings (SSSR count). The maximum atomic E-state index is 8.56. The summed E-state index contributed by atoms with van der Waals surface area (Å²) >= 11 is 0. The summed E-state index contributed by atoms with van der Waals surface area (Å²) in [6, 6.07) is 0. The first kappa shape index (κ1) is 39.5. The SMILES string of the molecule is O.O.O=C(O)O.[CaH2].[CaH2].[KH]. The normalized spacial score (nSPS) is 2.67. The minimum atomic E-state index is -1.83. The van der Waals surface area contributed by atoms with Crippen LogP contribution in [0, 0.1) is 0 Å². The van der Waals surface area contributed by atoms with Crippen LogP contribution in [0.1, 0.15) is 0 Å². The zero-order valence-electron chi connectivity index (χ0n) is 2.80. The van der Waals surface area contributed by atoms with E-state index in [1.807, 2.05) is 0 Å². The summed E-state index contributed by atoms with van der Waals surface area (Å²) in [5.41, 5.74) is 0. The first-order valence-electron chi connectivity index (χ1n) is 0.651. The molecule has 0 aliphatic carbocycles. The van der Waals surface area contributed by atoms with Crippen molar-refractivity contribution >= 4 is 133 Å². The topological polar surface area (TPSA) is 121 Å². The van der Waals surface area contributed by atoms with Gasteiger partial charge in [0.15, 0.2) is 0 Å². The third-order valence-electron chi connectivity index (χ3n) is 0. The summed E-state index contributed by atoms with van der Waals surface area (Å²) in [5, 5.41) is 13.9. The van der Waals surface area contributed by atoms with Crippen LogP contribution in [0.15, 0.2) is 0 Å². The first-order valence-corrected chi connectivity index (χ1v) is 0.651. The van der Waals surface area contributed by atoms with Crippen molar-refractivity contribution < 1.29 is 26.0 Å². The molecule has 9 heavy (non-hydrogen) atoms. The molecule has 0 saturated carbocycles. The molecule has 0 aliphatic heterocycles. The predicted molar refractivity (Wildman–Crippen MR) is 42.1 cm³/mol. The molecule has 0 aliphatic rings. The van der Waals surface area contributed by atoms with Crippen molar-refractivity contribution in [3.05, 3.63) is 0 Å². The van der Waals surface area contributed by atoms with Gasteiger partial charge in [0.05, 0.1) is 0 Å². The third kappa shape index (κ3) is 88.5. The van der Waals surface area contributed by atoms with E-state index in [1.54, 1.807) is 0 Å². The van der Waals surface area contributed by atoms with Crippen LogP contribution in [0.3, 0.4) is 0 Å². The predicted octanol–water partition coefficient (Wildman–Crippen LogP) is -3.91. The summed E-state index contributed by atoms with van der Waals surface area (Å²) in [6.07, 6.45) is -1.83. The van der Waals surface area contributed by atoms with Crippen molar-refractivity contribution in [2.75, 3.05) is 0 Å². The fourth-order valence-electron chi connectivity index (χ4n) is 0. The Kier molecular flexibility index (Phi) is 132. The summed E-state index contributed by atoms with van der Waals surface area (Å²) in [6.45, 7) is 0. The molecule has 0 atom stereocenters. The van der Waals surface area contributed by atoms with Crippen LogP contribution in [0.25, 0.3) is 0 Å². The summed E-state index contributed by atoms with van der Waals surface area (Å²) in [5.74, 6) is 0. The van der Waals surface area contributed by atoms with Gasteiger partial charge in [0.25, 0.3) is 0 Å². The van der Waals surface area contributed by atoms with E-state index in [1.165, 1.54) is 0 Å². The van der Waals surface area contributed by atoms with Crippen LogP contribution in [-0.2, 0) is 0 Å². The van der Waals surface area contributed by atoms with Crippen LogP contribution in [0.2, 0.25) is 0 Å². The molecule has 6 N–H and O–H groups in total. The summed E-state index contributed by atoms with van der Waals surface area (Å²) in [7, 11) is 0. The van der Waals surface area contributed by atoms with E-state index < -0.39 is 6.16 Å². The summed E-state index contributed by atoms with van der Waals surface area (Å²) in [4.78, 5) is 8.56. The van der Waals surface area contributed by atoms with Gasteiger partial charge >= 0.3 is 133 Å². The van der Waals surface area contributed by atoms with Gasteiger partial charge in [-0.3, -0.25) is 0 Å². The number of carboxylic acid groups (broad SMARTS) is 2. The molecule has 0 fully saturated rings. The molecule has 0 heterocycles. The quantitative estimate of drug-likeness (QED) is 0.407. The van der Waals surface area contributed by atoms with Gasteiger partial charge in [0, 0.05) is 0 Å². The number of hydrogen-bond donors (Lipinski definition) is 2. The standard InChI is InChI=1S/CH2O3.2Ca.K.2H2O.5H/c2-1(3)4;;;;;;;;;;/h(H2,2,3,4);;;;2*1H2;;;;;. The molecule has 8 heteroatoms. The monoisotopic (exact) mass is 222 g/mol. The third-order valence-corrected chi connectivity index (χ3v) is 0. The molecule has 0 radical (unpaired) electrons. The van der Waals surface area contributed by atoms with Crippen LogP contribution in [0.5, 0.6) is 0 Å². The molecule has 5 nitrogen and oxygen atoms in total. The fraction of sp³-hybridized carbons (Fsp3) is 0. The van der Waals surface area contributed by atoms with Crippen LogP contribution in [-0.4, -0.2) is 154 Å². The number of carbonyl (C=O) groups is 1. The van der Waals surface area contributed by atoms with Crippen LogP contribution in [0.4, 0.5) is 4.79 Å². The fourth-order valence-corrected chi connectivity index (χ4v) is 0. The Morgan fingerprint density at radius 3 is 1.00 bits per heavy atom. The number of rotatable bonds is 0. The van der Waals surface area contributed by atoms with E-state index in [2.05, 4.69) is 0 Å². The molecule has 0 saturated heterocycles. The molecule has 0 spiro atoms. The Balaban J connectivity index is -0.00000000450. The minimum absolute atomic E-state index is 0. The van der Waals surface area contributed by atoms with Crippen molar-refractivity contribution in [3.63, 3.8) is 0 Å². The second-order valence-corrected chi connectivity index (χ2v) is 0.283. The van der Waals surface area contributed by atoms with Crippen LogP contribution >= 0.6 is 0 Å². The Hall–Kier alpha value is 3.35. The number of hydrogen-bond acceptors (Lipinski definition) is 1. The molecule has 0 bridgehead atoms. The van der Waals surface area contributed by atoms with E-state index in [0.29, 0.717) is 0 Å². The molecule has 0 unspecified atom stereocenters. The molecule has 0 amide bonds. The molecule has 0 aromatic carbocycles. The Morgan fingerprint density at radius 1 is 1.00 bits per heavy atom. The first-order chi connectivity index (χ1) is 1.73. The van der Waals surface area contributed by atoms with E-state index >= 15 is 0 Å². The van der Waals surface area contributed by atoms with Gasteiger partial charge < -0.3 is 21.2 Å². The second-order valence-electron chi connectivity index (χ2n) is 0.283. The average molecular weight is 222 g/mol. The van der Waals surface area contributed by atoms with Crippen molar-refractivity contribution in [1.29, 1.82) is 0 Å². The summed E-state index contributed by atoms with van der Waals surface area (Å²) < 4.78 is 0. The van der Waals surface area contributed by atoms with Crippen molar-refractivity contribution in [2.45, 2.75) is 0 Å².